The Morgan fingerprint density at radius 3 is 2.50 bits per heavy atom. The van der Waals surface area contributed by atoms with Crippen LogP contribution < -0.4 is 0 Å². The average molecular weight is 232 g/mol. The van der Waals surface area contributed by atoms with Gasteiger partial charge in [-0.1, -0.05) is 13.8 Å². The standard InChI is InChI=1S/C11H18ClNS/c1-5-10(12)7(2)6-11-13-8(3)9(4)14-11/h7,10H,5-6H2,1-4H3. The zero-order valence-corrected chi connectivity index (χ0v) is 10.9. The number of nitrogens with zero attached hydrogens (tertiary/aromatic N) is 1. The molecular formula is C11H18ClNS. The summed E-state index contributed by atoms with van der Waals surface area (Å²) in [7, 11) is 0. The Morgan fingerprint density at radius 1 is 1.43 bits per heavy atom. The van der Waals surface area contributed by atoms with Crippen LogP contribution in [0.5, 0.6) is 0 Å². The quantitative estimate of drug-likeness (QED) is 0.715. The van der Waals surface area contributed by atoms with Crippen molar-refractivity contribution < 1.29 is 0 Å². The van der Waals surface area contributed by atoms with Gasteiger partial charge in [0.05, 0.1) is 10.7 Å². The molecule has 1 rings (SSSR count). The Labute approximate surface area is 95.5 Å². The van der Waals surface area contributed by atoms with Gasteiger partial charge >= 0.3 is 0 Å². The van der Waals surface area contributed by atoms with Crippen LogP contribution in [0, 0.1) is 19.8 Å². The minimum absolute atomic E-state index is 0.277. The Bertz CT molecular complexity index is 276. The molecule has 1 aromatic rings. The monoisotopic (exact) mass is 231 g/mol. The molecule has 0 spiro atoms. The molecular weight excluding hydrogens is 214 g/mol. The van der Waals surface area contributed by atoms with Gasteiger partial charge in [0.1, 0.15) is 0 Å². The summed E-state index contributed by atoms with van der Waals surface area (Å²) in [5, 5.41) is 1.51. The minimum atomic E-state index is 0.277. The van der Waals surface area contributed by atoms with Crippen LogP contribution in [0.3, 0.4) is 0 Å². The lowest BCUT2D eigenvalue weighted by Crippen LogP contribution is -2.12. The topological polar surface area (TPSA) is 12.9 Å². The SMILES string of the molecule is CCC(Cl)C(C)Cc1nc(C)c(C)s1. The zero-order valence-electron chi connectivity index (χ0n) is 9.30. The largest absolute Gasteiger partial charge is 0.246 e. The third-order valence-electron chi connectivity index (χ3n) is 2.58. The average Bonchev–Trinajstić information content (AvgIpc) is 2.44. The molecule has 0 amide bonds. The highest BCUT2D eigenvalue weighted by molar-refractivity contribution is 7.11. The molecule has 0 aliphatic carbocycles. The summed E-state index contributed by atoms with van der Waals surface area (Å²) < 4.78 is 0. The minimum Gasteiger partial charge on any atom is -0.246 e. The third kappa shape index (κ3) is 2.96. The van der Waals surface area contributed by atoms with Crippen LogP contribution >= 0.6 is 22.9 Å². The molecule has 1 heterocycles. The molecule has 80 valence electrons. The Kier molecular flexibility index (Phi) is 4.39. The molecule has 0 saturated carbocycles. The predicted molar refractivity (Wildman–Crippen MR) is 64.4 cm³/mol. The molecule has 0 bridgehead atoms. The van der Waals surface area contributed by atoms with Crippen molar-refractivity contribution in [2.45, 2.75) is 45.9 Å². The van der Waals surface area contributed by atoms with Crippen LogP contribution in [0.15, 0.2) is 0 Å². The van der Waals surface area contributed by atoms with Gasteiger partial charge in [0.2, 0.25) is 0 Å². The highest BCUT2D eigenvalue weighted by Crippen LogP contribution is 2.23. The Morgan fingerprint density at radius 2 is 2.07 bits per heavy atom. The lowest BCUT2D eigenvalue weighted by Gasteiger charge is -2.14. The fraction of sp³-hybridized carbons (Fsp3) is 0.727. The van der Waals surface area contributed by atoms with Crippen LogP contribution in [0.25, 0.3) is 0 Å². The van der Waals surface area contributed by atoms with Crippen LogP contribution in [-0.4, -0.2) is 10.4 Å². The third-order valence-corrected chi connectivity index (χ3v) is 4.41. The van der Waals surface area contributed by atoms with Crippen molar-refractivity contribution in [3.8, 4) is 0 Å². The number of halogens is 1. The van der Waals surface area contributed by atoms with E-state index in [1.54, 1.807) is 11.3 Å². The first kappa shape index (κ1) is 12.0. The maximum Gasteiger partial charge on any atom is 0.0934 e. The van der Waals surface area contributed by atoms with Crippen molar-refractivity contribution in [1.82, 2.24) is 4.98 Å². The van der Waals surface area contributed by atoms with E-state index < -0.39 is 0 Å². The molecule has 14 heavy (non-hydrogen) atoms. The predicted octanol–water partition coefficient (Wildman–Crippen LogP) is 3.96. The van der Waals surface area contributed by atoms with Crippen molar-refractivity contribution in [2.24, 2.45) is 5.92 Å². The number of thiazole rings is 1. The molecule has 0 N–H and O–H groups in total. The van der Waals surface area contributed by atoms with Crippen molar-refractivity contribution in [3.63, 3.8) is 0 Å². The normalized spacial score (nSPS) is 15.5. The van der Waals surface area contributed by atoms with Gasteiger partial charge in [-0.25, -0.2) is 4.98 Å². The van der Waals surface area contributed by atoms with Crippen LogP contribution in [0.4, 0.5) is 0 Å². The van der Waals surface area contributed by atoms with Gasteiger partial charge in [-0.15, -0.1) is 22.9 Å². The van der Waals surface area contributed by atoms with Gasteiger partial charge in [0.15, 0.2) is 0 Å². The van der Waals surface area contributed by atoms with E-state index in [1.807, 2.05) is 0 Å². The van der Waals surface area contributed by atoms with Crippen molar-refractivity contribution in [3.05, 3.63) is 15.6 Å². The molecule has 0 aliphatic heterocycles. The van der Waals surface area contributed by atoms with E-state index in [2.05, 4.69) is 32.7 Å². The van der Waals surface area contributed by atoms with Gasteiger partial charge in [0.25, 0.3) is 0 Å². The molecule has 3 heteroatoms. The lowest BCUT2D eigenvalue weighted by molar-refractivity contribution is 0.530. The molecule has 0 saturated heterocycles. The van der Waals surface area contributed by atoms with Crippen LogP contribution in [-0.2, 0) is 6.42 Å². The number of hydrogen-bond acceptors (Lipinski definition) is 2. The second-order valence-electron chi connectivity index (χ2n) is 3.85. The van der Waals surface area contributed by atoms with Crippen molar-refractivity contribution in [1.29, 1.82) is 0 Å². The summed E-state index contributed by atoms with van der Waals surface area (Å²) in [5.74, 6) is 0.520. The maximum absolute atomic E-state index is 6.19. The van der Waals surface area contributed by atoms with E-state index >= 15 is 0 Å². The first-order valence-electron chi connectivity index (χ1n) is 5.11. The number of alkyl halides is 1. The molecule has 2 atom stereocenters. The van der Waals surface area contributed by atoms with Gasteiger partial charge in [0, 0.05) is 16.7 Å². The summed E-state index contributed by atoms with van der Waals surface area (Å²) in [5.41, 5.74) is 1.17. The molecule has 0 aliphatic rings. The van der Waals surface area contributed by atoms with E-state index in [4.69, 9.17) is 11.6 Å². The number of aryl methyl sites for hydroxylation is 2. The fourth-order valence-electron chi connectivity index (χ4n) is 1.43. The highest BCUT2D eigenvalue weighted by Gasteiger charge is 2.15. The summed E-state index contributed by atoms with van der Waals surface area (Å²) >= 11 is 7.99. The van der Waals surface area contributed by atoms with Crippen LogP contribution in [0.1, 0.15) is 35.8 Å². The fourth-order valence-corrected chi connectivity index (χ4v) is 2.60. The number of aromatic nitrogens is 1. The first-order valence-corrected chi connectivity index (χ1v) is 6.36. The van der Waals surface area contributed by atoms with E-state index in [0.29, 0.717) is 5.92 Å². The number of rotatable bonds is 4. The van der Waals surface area contributed by atoms with E-state index in [-0.39, 0.29) is 5.38 Å². The van der Waals surface area contributed by atoms with Gasteiger partial charge in [-0.2, -0.15) is 0 Å². The van der Waals surface area contributed by atoms with E-state index in [9.17, 15) is 0 Å². The van der Waals surface area contributed by atoms with Crippen LogP contribution in [0.2, 0.25) is 0 Å². The molecule has 0 fully saturated rings. The lowest BCUT2D eigenvalue weighted by atomic mass is 10.0. The molecule has 2 unspecified atom stereocenters. The summed E-state index contributed by atoms with van der Waals surface area (Å²) in [4.78, 5) is 5.86. The molecule has 0 aromatic carbocycles. The number of hydrogen-bond donors (Lipinski definition) is 0. The molecule has 1 nitrogen and oxygen atoms in total. The Balaban J connectivity index is 2.60. The molecule has 1 aromatic heterocycles. The van der Waals surface area contributed by atoms with Gasteiger partial charge < -0.3 is 0 Å². The molecule has 0 radical (unpaired) electrons. The second kappa shape index (κ2) is 5.13. The second-order valence-corrected chi connectivity index (χ2v) is 5.70. The highest BCUT2D eigenvalue weighted by atomic mass is 35.5. The summed E-state index contributed by atoms with van der Waals surface area (Å²) in [6.07, 6.45) is 2.05. The summed E-state index contributed by atoms with van der Waals surface area (Å²) in [6, 6.07) is 0. The van der Waals surface area contributed by atoms with E-state index in [0.717, 1.165) is 12.8 Å². The first-order chi connectivity index (χ1) is 6.54. The summed E-state index contributed by atoms with van der Waals surface area (Å²) in [6.45, 7) is 8.52. The zero-order chi connectivity index (χ0) is 10.7. The van der Waals surface area contributed by atoms with Gasteiger partial charge in [-0.3, -0.25) is 0 Å². The van der Waals surface area contributed by atoms with Crippen molar-refractivity contribution >= 4 is 22.9 Å². The smallest absolute Gasteiger partial charge is 0.0934 e. The van der Waals surface area contributed by atoms with Gasteiger partial charge in [-0.05, 0) is 26.2 Å². The van der Waals surface area contributed by atoms with E-state index in [1.165, 1.54) is 15.6 Å². The Hall–Kier alpha value is -0.0800. The van der Waals surface area contributed by atoms with Crippen molar-refractivity contribution in [2.75, 3.05) is 0 Å². The maximum atomic E-state index is 6.19.